The van der Waals surface area contributed by atoms with Crippen LogP contribution >= 0.6 is 0 Å². The highest BCUT2D eigenvalue weighted by Gasteiger charge is 2.40. The second-order valence-electron chi connectivity index (χ2n) is 6.72. The van der Waals surface area contributed by atoms with Gasteiger partial charge in [0.05, 0.1) is 11.8 Å². The van der Waals surface area contributed by atoms with Crippen molar-refractivity contribution in [3.63, 3.8) is 0 Å². The van der Waals surface area contributed by atoms with Crippen LogP contribution < -0.4 is 5.73 Å². The molecule has 2 N–H and O–H groups in total. The number of nitrogens with two attached hydrogens (primary N) is 1. The maximum absolute atomic E-state index is 15.3. The minimum Gasteiger partial charge on any atom is -0.311 e. The molecule has 0 saturated heterocycles. The summed E-state index contributed by atoms with van der Waals surface area (Å²) in [7, 11) is 0. The third-order valence-electron chi connectivity index (χ3n) is 5.08. The van der Waals surface area contributed by atoms with Crippen LogP contribution in [-0.4, -0.2) is 9.55 Å². The Balaban J connectivity index is 2.13. The first kappa shape index (κ1) is 18.6. The van der Waals surface area contributed by atoms with Crippen LogP contribution in [0.2, 0.25) is 0 Å². The number of nitriles is 1. The summed E-state index contributed by atoms with van der Waals surface area (Å²) >= 11 is 0. The molecule has 4 aromatic rings. The molecule has 0 fully saturated rings. The van der Waals surface area contributed by atoms with E-state index >= 15 is 4.39 Å². The van der Waals surface area contributed by atoms with E-state index < -0.39 is 17.7 Å². The molecule has 0 aliphatic carbocycles. The maximum Gasteiger partial charge on any atom is 0.290 e. The molecule has 0 spiro atoms. The first-order valence-corrected chi connectivity index (χ1v) is 9.25. The van der Waals surface area contributed by atoms with E-state index in [9.17, 15) is 5.26 Å². The van der Waals surface area contributed by atoms with E-state index in [0.717, 1.165) is 16.7 Å². The van der Waals surface area contributed by atoms with Crippen LogP contribution in [0.5, 0.6) is 0 Å². The van der Waals surface area contributed by atoms with Crippen LogP contribution in [0.15, 0.2) is 97.2 Å². The summed E-state index contributed by atoms with van der Waals surface area (Å²) in [6, 6.07) is 30.0. The zero-order chi connectivity index (χ0) is 20.3. The Morgan fingerprint density at radius 1 is 0.828 bits per heavy atom. The van der Waals surface area contributed by atoms with Gasteiger partial charge < -0.3 is 5.73 Å². The Morgan fingerprint density at radius 2 is 1.24 bits per heavy atom. The maximum atomic E-state index is 15.3. The molecule has 29 heavy (non-hydrogen) atoms. The number of nitrogens with zero attached hydrogens (tertiary/aromatic N) is 3. The van der Waals surface area contributed by atoms with Gasteiger partial charge in [-0.1, -0.05) is 91.0 Å². The fraction of sp³-hybridized carbons (Fsp3) is 0.0833. The summed E-state index contributed by atoms with van der Waals surface area (Å²) in [5.41, 5.74) is 7.60. The average molecular weight is 382 g/mol. The molecule has 3 aromatic carbocycles. The van der Waals surface area contributed by atoms with Gasteiger partial charge in [0.1, 0.15) is 11.6 Å². The molecule has 4 rings (SSSR count). The van der Waals surface area contributed by atoms with Gasteiger partial charge in [0.15, 0.2) is 0 Å². The lowest BCUT2D eigenvalue weighted by Crippen LogP contribution is -2.38. The lowest BCUT2D eigenvalue weighted by Gasteiger charge is -2.37. The monoisotopic (exact) mass is 382 g/mol. The van der Waals surface area contributed by atoms with Crippen molar-refractivity contribution in [2.45, 2.75) is 11.6 Å². The van der Waals surface area contributed by atoms with Crippen molar-refractivity contribution in [3.05, 3.63) is 126 Å². The molecule has 142 valence electrons. The van der Waals surface area contributed by atoms with Crippen molar-refractivity contribution in [3.8, 4) is 6.07 Å². The predicted octanol–water partition coefficient (Wildman–Crippen LogP) is 4.39. The Bertz CT molecular complexity index is 1040. The number of imidazole rings is 1. The van der Waals surface area contributed by atoms with Crippen molar-refractivity contribution < 1.29 is 4.39 Å². The van der Waals surface area contributed by atoms with E-state index in [1.165, 1.54) is 10.8 Å². The highest BCUT2D eigenvalue weighted by Crippen LogP contribution is 2.41. The van der Waals surface area contributed by atoms with E-state index in [4.69, 9.17) is 5.73 Å². The second kappa shape index (κ2) is 7.70. The molecule has 0 saturated carbocycles. The van der Waals surface area contributed by atoms with Crippen LogP contribution in [0, 0.1) is 17.4 Å². The van der Waals surface area contributed by atoms with Crippen molar-refractivity contribution in [2.75, 3.05) is 0 Å². The first-order valence-electron chi connectivity index (χ1n) is 9.25. The Labute approximate surface area is 168 Å². The summed E-state index contributed by atoms with van der Waals surface area (Å²) < 4.78 is 16.8. The normalized spacial score (nSPS) is 12.3. The van der Waals surface area contributed by atoms with Crippen LogP contribution in [0.25, 0.3) is 0 Å². The number of hydrogen-bond donors (Lipinski definition) is 1. The summed E-state index contributed by atoms with van der Waals surface area (Å²) in [5, 5.41) is 9.20. The third kappa shape index (κ3) is 3.10. The second-order valence-corrected chi connectivity index (χ2v) is 6.72. The lowest BCUT2D eigenvalue weighted by molar-refractivity contribution is 0.397. The van der Waals surface area contributed by atoms with E-state index in [-0.39, 0.29) is 5.69 Å². The summed E-state index contributed by atoms with van der Waals surface area (Å²) in [4.78, 5) is 3.97. The molecular formula is C24H19FN4. The SMILES string of the molecule is N#CC(N)c1cn(C(c2ccccc2)(c2ccccc2)c2ccccc2)c(F)n1. The van der Waals surface area contributed by atoms with Crippen molar-refractivity contribution in [1.82, 2.24) is 9.55 Å². The van der Waals surface area contributed by atoms with Gasteiger partial charge in [-0.15, -0.1) is 0 Å². The number of rotatable bonds is 5. The topological polar surface area (TPSA) is 67.6 Å². The fourth-order valence-corrected chi connectivity index (χ4v) is 3.78. The smallest absolute Gasteiger partial charge is 0.290 e. The molecule has 0 aliphatic rings. The molecule has 1 unspecified atom stereocenters. The van der Waals surface area contributed by atoms with Crippen molar-refractivity contribution in [2.24, 2.45) is 5.73 Å². The molecule has 4 nitrogen and oxygen atoms in total. The fourth-order valence-electron chi connectivity index (χ4n) is 3.78. The number of aromatic nitrogens is 2. The van der Waals surface area contributed by atoms with Crippen molar-refractivity contribution >= 4 is 0 Å². The molecule has 5 heteroatoms. The Kier molecular flexibility index (Phi) is 4.94. The largest absolute Gasteiger partial charge is 0.311 e. The van der Waals surface area contributed by atoms with Crippen LogP contribution in [0.4, 0.5) is 4.39 Å². The van der Waals surface area contributed by atoms with Gasteiger partial charge in [-0.3, -0.25) is 4.57 Å². The highest BCUT2D eigenvalue weighted by atomic mass is 19.1. The highest BCUT2D eigenvalue weighted by molar-refractivity contribution is 5.50. The summed E-state index contributed by atoms with van der Waals surface area (Å²) in [5.74, 6) is 0. The van der Waals surface area contributed by atoms with Crippen LogP contribution in [0.1, 0.15) is 28.4 Å². The number of benzene rings is 3. The van der Waals surface area contributed by atoms with E-state index in [0.29, 0.717) is 0 Å². The number of halogens is 1. The van der Waals surface area contributed by atoms with Gasteiger partial charge >= 0.3 is 0 Å². The van der Waals surface area contributed by atoms with Crippen molar-refractivity contribution in [1.29, 1.82) is 5.26 Å². The van der Waals surface area contributed by atoms with Gasteiger partial charge in [-0.05, 0) is 16.7 Å². The van der Waals surface area contributed by atoms with Gasteiger partial charge in [-0.2, -0.15) is 9.65 Å². The van der Waals surface area contributed by atoms with E-state index in [1.807, 2.05) is 97.1 Å². The van der Waals surface area contributed by atoms with E-state index in [2.05, 4.69) is 4.98 Å². The zero-order valence-electron chi connectivity index (χ0n) is 15.6. The van der Waals surface area contributed by atoms with Crippen LogP contribution in [-0.2, 0) is 5.54 Å². The Morgan fingerprint density at radius 3 is 1.62 bits per heavy atom. The van der Waals surface area contributed by atoms with Gasteiger partial charge in [-0.25, -0.2) is 4.98 Å². The molecule has 1 aromatic heterocycles. The Hall–Kier alpha value is -3.75. The molecular weight excluding hydrogens is 363 g/mol. The summed E-state index contributed by atoms with van der Waals surface area (Å²) in [6.45, 7) is 0. The average Bonchev–Trinajstić information content (AvgIpc) is 3.18. The van der Waals surface area contributed by atoms with E-state index in [1.54, 1.807) is 0 Å². The molecule has 0 aliphatic heterocycles. The third-order valence-corrected chi connectivity index (χ3v) is 5.08. The van der Waals surface area contributed by atoms with Gasteiger partial charge in [0.2, 0.25) is 0 Å². The minimum absolute atomic E-state index is 0.192. The van der Waals surface area contributed by atoms with Gasteiger partial charge in [0, 0.05) is 6.20 Å². The standard InChI is InChI=1S/C24H19FN4/c25-23-28-22(21(27)16-26)17-29(23)24(18-10-4-1-5-11-18,19-12-6-2-7-13-19)20-14-8-3-9-15-20/h1-15,17,21H,27H2. The van der Waals surface area contributed by atoms with Gasteiger partial charge in [0.25, 0.3) is 6.08 Å². The lowest BCUT2D eigenvalue weighted by atomic mass is 9.76. The first-order chi connectivity index (χ1) is 14.2. The molecule has 1 heterocycles. The quantitative estimate of drug-likeness (QED) is 0.521. The molecule has 0 radical (unpaired) electrons. The summed E-state index contributed by atoms with van der Waals surface area (Å²) in [6.07, 6.45) is 0.832. The van der Waals surface area contributed by atoms with Crippen LogP contribution in [0.3, 0.4) is 0 Å². The molecule has 1 atom stereocenters. The number of hydrogen-bond acceptors (Lipinski definition) is 3. The predicted molar refractivity (Wildman–Crippen MR) is 109 cm³/mol. The zero-order valence-corrected chi connectivity index (χ0v) is 15.6. The molecule has 0 bridgehead atoms. The minimum atomic E-state index is -1.02. The molecule has 0 amide bonds.